The summed E-state index contributed by atoms with van der Waals surface area (Å²) >= 11 is 1.93. The van der Waals surface area contributed by atoms with Crippen LogP contribution in [0.2, 0.25) is 0 Å². The Hall–Kier alpha value is -1.99. The Morgan fingerprint density at radius 1 is 1.14 bits per heavy atom. The average Bonchev–Trinajstić information content (AvgIpc) is 3.24. The van der Waals surface area contributed by atoms with E-state index in [-0.39, 0.29) is 10.8 Å². The van der Waals surface area contributed by atoms with Gasteiger partial charge in [0.15, 0.2) is 0 Å². The number of aryl methyl sites for hydroxylation is 1. The molecule has 0 atom stereocenters. The molecule has 5 nitrogen and oxygen atoms in total. The highest BCUT2D eigenvalue weighted by Crippen LogP contribution is 2.29. The second-order valence-corrected chi connectivity index (χ2v) is 10.7. The van der Waals surface area contributed by atoms with Crippen LogP contribution in [0.4, 0.5) is 5.69 Å². The van der Waals surface area contributed by atoms with Crippen molar-refractivity contribution in [1.82, 2.24) is 5.32 Å². The first-order valence-electron chi connectivity index (χ1n) is 9.93. The molecule has 156 valence electrons. The fraction of sp³-hybridized carbons (Fsp3) is 0.409. The van der Waals surface area contributed by atoms with Crippen LogP contribution in [0.25, 0.3) is 0 Å². The third kappa shape index (κ3) is 5.54. The Morgan fingerprint density at radius 3 is 2.52 bits per heavy atom. The summed E-state index contributed by atoms with van der Waals surface area (Å²) in [7, 11) is -2.18. The Balaban J connectivity index is 1.63. The van der Waals surface area contributed by atoms with Gasteiger partial charge in [0.25, 0.3) is 15.9 Å². The Kier molecular flexibility index (Phi) is 7.24. The van der Waals surface area contributed by atoms with Gasteiger partial charge in [-0.1, -0.05) is 36.6 Å². The lowest BCUT2D eigenvalue weighted by Crippen LogP contribution is -2.28. The highest BCUT2D eigenvalue weighted by molar-refractivity contribution is 7.99. The minimum absolute atomic E-state index is 0.181. The Bertz CT molecular complexity index is 937. The molecule has 0 unspecified atom stereocenters. The second-order valence-electron chi connectivity index (χ2n) is 7.37. The van der Waals surface area contributed by atoms with Gasteiger partial charge < -0.3 is 5.32 Å². The third-order valence-corrected chi connectivity index (χ3v) is 8.38. The molecule has 0 aliphatic heterocycles. The molecule has 1 aliphatic rings. The number of carbonyl (C=O) groups excluding carboxylic acids is 1. The molecule has 0 aromatic heterocycles. The molecule has 0 heterocycles. The van der Waals surface area contributed by atoms with Crippen molar-refractivity contribution in [2.75, 3.05) is 23.7 Å². The van der Waals surface area contributed by atoms with E-state index in [1.54, 1.807) is 48.5 Å². The van der Waals surface area contributed by atoms with Gasteiger partial charge in [-0.2, -0.15) is 11.8 Å². The van der Waals surface area contributed by atoms with Crippen molar-refractivity contribution < 1.29 is 13.2 Å². The summed E-state index contributed by atoms with van der Waals surface area (Å²) in [6.07, 6.45) is 5.19. The van der Waals surface area contributed by atoms with Crippen molar-refractivity contribution in [2.24, 2.45) is 0 Å². The van der Waals surface area contributed by atoms with Crippen LogP contribution in [0, 0.1) is 6.92 Å². The number of sulfonamides is 1. The van der Waals surface area contributed by atoms with Crippen molar-refractivity contribution in [2.45, 2.75) is 42.8 Å². The zero-order valence-corrected chi connectivity index (χ0v) is 18.6. The predicted molar refractivity (Wildman–Crippen MR) is 120 cm³/mol. The number of rotatable bonds is 8. The monoisotopic (exact) mass is 432 g/mol. The van der Waals surface area contributed by atoms with Gasteiger partial charge in [0.1, 0.15) is 0 Å². The van der Waals surface area contributed by atoms with E-state index >= 15 is 0 Å². The van der Waals surface area contributed by atoms with E-state index < -0.39 is 10.0 Å². The molecule has 0 spiro atoms. The molecule has 2 aromatic rings. The molecule has 2 aromatic carbocycles. The lowest BCUT2D eigenvalue weighted by Gasteiger charge is -2.20. The number of nitrogens with one attached hydrogen (secondary N) is 1. The summed E-state index contributed by atoms with van der Waals surface area (Å²) < 4.78 is 27.0. The normalized spacial score (nSPS) is 14.7. The van der Waals surface area contributed by atoms with Crippen LogP contribution in [0.15, 0.2) is 53.4 Å². The van der Waals surface area contributed by atoms with Crippen LogP contribution in [0.1, 0.15) is 41.6 Å². The summed E-state index contributed by atoms with van der Waals surface area (Å²) in [6.45, 7) is 2.52. The first kappa shape index (κ1) is 21.7. The molecule has 1 amide bonds. The number of hydrogen-bond acceptors (Lipinski definition) is 4. The van der Waals surface area contributed by atoms with Gasteiger partial charge in [0, 0.05) is 30.2 Å². The molecule has 1 saturated carbocycles. The van der Waals surface area contributed by atoms with Crippen molar-refractivity contribution in [3.63, 3.8) is 0 Å². The van der Waals surface area contributed by atoms with Gasteiger partial charge in [-0.3, -0.25) is 9.10 Å². The SMILES string of the molecule is Cc1ccc(S(=O)(=O)N(C)c2cccc(C(=O)NCCSC3CCCC3)c2)cc1. The summed E-state index contributed by atoms with van der Waals surface area (Å²) in [4.78, 5) is 12.7. The molecule has 1 N–H and O–H groups in total. The number of benzene rings is 2. The van der Waals surface area contributed by atoms with Crippen molar-refractivity contribution in [1.29, 1.82) is 0 Å². The molecule has 0 radical (unpaired) electrons. The van der Waals surface area contributed by atoms with Gasteiger partial charge in [-0.15, -0.1) is 0 Å². The smallest absolute Gasteiger partial charge is 0.264 e. The van der Waals surface area contributed by atoms with E-state index in [2.05, 4.69) is 5.32 Å². The lowest BCUT2D eigenvalue weighted by atomic mass is 10.2. The molecular weight excluding hydrogens is 404 g/mol. The summed E-state index contributed by atoms with van der Waals surface area (Å²) in [5, 5.41) is 3.67. The van der Waals surface area contributed by atoms with Crippen LogP contribution >= 0.6 is 11.8 Å². The minimum atomic E-state index is -3.68. The topological polar surface area (TPSA) is 66.5 Å². The lowest BCUT2D eigenvalue weighted by molar-refractivity contribution is 0.0956. The summed E-state index contributed by atoms with van der Waals surface area (Å²) in [5.41, 5.74) is 1.91. The maximum absolute atomic E-state index is 12.9. The second kappa shape index (κ2) is 9.67. The summed E-state index contributed by atoms with van der Waals surface area (Å²) in [6, 6.07) is 13.5. The molecule has 29 heavy (non-hydrogen) atoms. The van der Waals surface area contributed by atoms with Crippen molar-refractivity contribution >= 4 is 33.4 Å². The number of nitrogens with zero attached hydrogens (tertiary/aromatic N) is 1. The van der Waals surface area contributed by atoms with Crippen molar-refractivity contribution in [3.8, 4) is 0 Å². The zero-order valence-electron chi connectivity index (χ0n) is 16.9. The van der Waals surface area contributed by atoms with E-state index in [0.29, 0.717) is 17.8 Å². The Labute approximate surface area is 177 Å². The van der Waals surface area contributed by atoms with Crippen LogP contribution in [-0.4, -0.2) is 38.9 Å². The third-order valence-electron chi connectivity index (χ3n) is 5.19. The highest BCUT2D eigenvalue weighted by Gasteiger charge is 2.22. The summed E-state index contributed by atoms with van der Waals surface area (Å²) in [5.74, 6) is 0.720. The van der Waals surface area contributed by atoms with E-state index in [9.17, 15) is 13.2 Å². The van der Waals surface area contributed by atoms with E-state index in [1.165, 1.54) is 37.0 Å². The molecule has 1 aliphatic carbocycles. The maximum atomic E-state index is 12.9. The van der Waals surface area contributed by atoms with Crippen LogP contribution in [0.5, 0.6) is 0 Å². The maximum Gasteiger partial charge on any atom is 0.264 e. The largest absolute Gasteiger partial charge is 0.351 e. The highest BCUT2D eigenvalue weighted by atomic mass is 32.2. The molecule has 0 bridgehead atoms. The number of hydrogen-bond donors (Lipinski definition) is 1. The Morgan fingerprint density at radius 2 is 1.83 bits per heavy atom. The first-order chi connectivity index (χ1) is 13.9. The molecule has 1 fully saturated rings. The van der Waals surface area contributed by atoms with Gasteiger partial charge >= 0.3 is 0 Å². The number of amides is 1. The predicted octanol–water partition coefficient (Wildman–Crippen LogP) is 4.23. The first-order valence-corrected chi connectivity index (χ1v) is 12.4. The number of anilines is 1. The quantitative estimate of drug-likeness (QED) is 0.634. The number of carbonyl (C=O) groups is 1. The minimum Gasteiger partial charge on any atom is -0.351 e. The van der Waals surface area contributed by atoms with E-state index in [4.69, 9.17) is 0 Å². The van der Waals surface area contributed by atoms with E-state index in [1.807, 2.05) is 18.7 Å². The number of thioether (sulfide) groups is 1. The fourth-order valence-corrected chi connectivity index (χ4v) is 5.80. The van der Waals surface area contributed by atoms with Gasteiger partial charge in [0.05, 0.1) is 10.6 Å². The molecule has 0 saturated heterocycles. The average molecular weight is 433 g/mol. The molecular formula is C22H28N2O3S2. The van der Waals surface area contributed by atoms with E-state index in [0.717, 1.165) is 16.6 Å². The zero-order chi connectivity index (χ0) is 20.9. The van der Waals surface area contributed by atoms with Crippen LogP contribution in [-0.2, 0) is 10.0 Å². The van der Waals surface area contributed by atoms with Gasteiger partial charge in [0.2, 0.25) is 0 Å². The van der Waals surface area contributed by atoms with Crippen molar-refractivity contribution in [3.05, 3.63) is 59.7 Å². The van der Waals surface area contributed by atoms with Gasteiger partial charge in [-0.25, -0.2) is 8.42 Å². The standard InChI is InChI=1S/C22H28N2O3S2/c1-17-10-12-21(13-11-17)29(26,27)24(2)19-7-5-6-18(16-19)22(25)23-14-15-28-20-8-3-4-9-20/h5-7,10-13,16,20H,3-4,8-9,14-15H2,1-2H3,(H,23,25). The fourth-order valence-electron chi connectivity index (χ4n) is 3.40. The molecule has 3 rings (SSSR count). The molecule has 7 heteroatoms. The van der Waals surface area contributed by atoms with Crippen LogP contribution in [0.3, 0.4) is 0 Å². The van der Waals surface area contributed by atoms with Gasteiger partial charge in [-0.05, 0) is 50.1 Å². The van der Waals surface area contributed by atoms with Crippen LogP contribution < -0.4 is 9.62 Å².